The number of nitrogens with zero attached hydrogens (tertiary/aromatic N) is 2. The van der Waals surface area contributed by atoms with E-state index in [0.29, 0.717) is 10.8 Å². The smallest absolute Gasteiger partial charge is 0.151 e. The molecule has 1 fully saturated rings. The number of fused-ring (bicyclic) bond motifs is 1. The lowest BCUT2D eigenvalue weighted by Gasteiger charge is -2.07. The number of pyridine rings is 1. The molecule has 0 amide bonds. The Hall–Kier alpha value is -1.29. The van der Waals surface area contributed by atoms with Gasteiger partial charge in [0.1, 0.15) is 5.82 Å². The average Bonchev–Trinajstić information content (AvgIpc) is 2.96. The number of carbonyl (C=O) groups is 1. The van der Waals surface area contributed by atoms with Gasteiger partial charge in [-0.05, 0) is 30.7 Å². The number of hydrogen-bond donors (Lipinski definition) is 0. The normalized spacial score (nSPS) is 20.4. The van der Waals surface area contributed by atoms with Gasteiger partial charge in [-0.25, -0.2) is 4.98 Å². The van der Waals surface area contributed by atoms with Crippen LogP contribution < -0.4 is 0 Å². The summed E-state index contributed by atoms with van der Waals surface area (Å²) in [6.45, 7) is 0. The van der Waals surface area contributed by atoms with Gasteiger partial charge in [-0.15, -0.1) is 0 Å². The molecule has 1 aliphatic heterocycles. The van der Waals surface area contributed by atoms with Crippen LogP contribution in [0.15, 0.2) is 24.5 Å². The lowest BCUT2D eigenvalue weighted by Crippen LogP contribution is -1.98. The summed E-state index contributed by atoms with van der Waals surface area (Å²) >= 11 is 1.96. The monoisotopic (exact) mass is 232 g/mol. The van der Waals surface area contributed by atoms with Crippen LogP contribution in [0.2, 0.25) is 0 Å². The zero-order valence-electron chi connectivity index (χ0n) is 8.80. The van der Waals surface area contributed by atoms with Gasteiger partial charge < -0.3 is 4.40 Å². The van der Waals surface area contributed by atoms with E-state index < -0.39 is 0 Å². The van der Waals surface area contributed by atoms with Crippen molar-refractivity contribution in [3.8, 4) is 0 Å². The van der Waals surface area contributed by atoms with E-state index in [2.05, 4.69) is 4.98 Å². The van der Waals surface area contributed by atoms with Gasteiger partial charge >= 0.3 is 0 Å². The number of thioether (sulfide) groups is 1. The molecule has 1 aliphatic rings. The summed E-state index contributed by atoms with van der Waals surface area (Å²) in [5.41, 5.74) is 1.77. The summed E-state index contributed by atoms with van der Waals surface area (Å²) in [4.78, 5) is 15.2. The second-order valence-corrected chi connectivity index (χ2v) is 5.30. The molecule has 1 atom stereocenters. The molecule has 0 aromatic carbocycles. The molecular weight excluding hydrogens is 220 g/mol. The predicted molar refractivity (Wildman–Crippen MR) is 65.0 cm³/mol. The molecule has 16 heavy (non-hydrogen) atoms. The average molecular weight is 232 g/mol. The Morgan fingerprint density at radius 3 is 3.19 bits per heavy atom. The highest BCUT2D eigenvalue weighted by molar-refractivity contribution is 7.99. The van der Waals surface area contributed by atoms with Crippen LogP contribution in [0.5, 0.6) is 0 Å². The van der Waals surface area contributed by atoms with E-state index in [9.17, 15) is 4.79 Å². The number of rotatable bonds is 2. The highest BCUT2D eigenvalue weighted by Crippen LogP contribution is 2.39. The van der Waals surface area contributed by atoms with Crippen molar-refractivity contribution in [2.45, 2.75) is 18.1 Å². The van der Waals surface area contributed by atoms with E-state index in [4.69, 9.17) is 0 Å². The molecule has 2 aromatic heterocycles. The van der Waals surface area contributed by atoms with E-state index >= 15 is 0 Å². The molecule has 0 bridgehead atoms. The van der Waals surface area contributed by atoms with Crippen LogP contribution in [0.1, 0.15) is 34.3 Å². The Balaban J connectivity index is 2.13. The van der Waals surface area contributed by atoms with Crippen molar-refractivity contribution >= 4 is 23.6 Å². The molecule has 0 N–H and O–H groups in total. The second-order valence-electron chi connectivity index (χ2n) is 3.99. The van der Waals surface area contributed by atoms with E-state index in [0.717, 1.165) is 17.6 Å². The fraction of sp³-hybridized carbons (Fsp3) is 0.333. The minimum absolute atomic E-state index is 0.490. The molecule has 0 radical (unpaired) electrons. The Kier molecular flexibility index (Phi) is 2.44. The molecular formula is C12H12N2OS. The summed E-state index contributed by atoms with van der Waals surface area (Å²) in [6, 6.07) is 3.77. The second kappa shape index (κ2) is 3.94. The summed E-state index contributed by atoms with van der Waals surface area (Å²) in [5.74, 6) is 2.30. The van der Waals surface area contributed by atoms with Gasteiger partial charge in [0.2, 0.25) is 0 Å². The van der Waals surface area contributed by atoms with Gasteiger partial charge in [-0.1, -0.05) is 0 Å². The third-order valence-electron chi connectivity index (χ3n) is 2.93. The molecule has 0 saturated carbocycles. The number of hydrogen-bond acceptors (Lipinski definition) is 3. The largest absolute Gasteiger partial charge is 0.302 e. The zero-order chi connectivity index (χ0) is 11.0. The molecule has 3 rings (SSSR count). The van der Waals surface area contributed by atoms with Gasteiger partial charge in [0, 0.05) is 11.8 Å². The molecule has 1 unspecified atom stereocenters. The third-order valence-corrected chi connectivity index (χ3v) is 4.31. The first kappa shape index (κ1) is 9.90. The number of carbonyl (C=O) groups excluding carboxylic acids is 1. The first-order chi connectivity index (χ1) is 7.88. The Labute approximate surface area is 97.9 Å². The van der Waals surface area contributed by atoms with Crippen molar-refractivity contribution in [1.82, 2.24) is 9.38 Å². The Morgan fingerprint density at radius 1 is 1.50 bits per heavy atom. The van der Waals surface area contributed by atoms with Gasteiger partial charge in [0.15, 0.2) is 6.29 Å². The van der Waals surface area contributed by atoms with Crippen LogP contribution in [0.25, 0.3) is 5.52 Å². The summed E-state index contributed by atoms with van der Waals surface area (Å²) in [5, 5.41) is 0.490. The molecule has 0 aliphatic carbocycles. The molecule has 1 saturated heterocycles. The molecule has 3 heterocycles. The van der Waals surface area contributed by atoms with Crippen LogP contribution in [0.3, 0.4) is 0 Å². The van der Waals surface area contributed by atoms with E-state index in [-0.39, 0.29) is 0 Å². The summed E-state index contributed by atoms with van der Waals surface area (Å²) in [7, 11) is 0. The maximum atomic E-state index is 10.8. The minimum Gasteiger partial charge on any atom is -0.302 e. The summed E-state index contributed by atoms with van der Waals surface area (Å²) < 4.78 is 2.05. The van der Waals surface area contributed by atoms with Crippen LogP contribution in [0, 0.1) is 0 Å². The maximum Gasteiger partial charge on any atom is 0.151 e. The summed E-state index contributed by atoms with van der Waals surface area (Å²) in [6.07, 6.45) is 7.09. The van der Waals surface area contributed by atoms with Gasteiger partial charge in [-0.3, -0.25) is 4.79 Å². The lowest BCUT2D eigenvalue weighted by molar-refractivity contribution is 0.112. The number of imidazole rings is 1. The van der Waals surface area contributed by atoms with Crippen LogP contribution in [-0.4, -0.2) is 21.4 Å². The number of aromatic nitrogens is 2. The maximum absolute atomic E-state index is 10.8. The standard InChI is InChI=1S/C12H12N2OS/c15-8-9-3-4-10-6-13-12(14(10)7-9)11-2-1-5-16-11/h3-4,6-8,11H,1-2,5H2. The molecule has 0 spiro atoms. The van der Waals surface area contributed by atoms with Gasteiger partial charge in [-0.2, -0.15) is 11.8 Å². The highest BCUT2D eigenvalue weighted by atomic mass is 32.2. The predicted octanol–water partition coefficient (Wildman–Crippen LogP) is 2.71. The quantitative estimate of drug-likeness (QED) is 0.747. The van der Waals surface area contributed by atoms with Crippen molar-refractivity contribution in [2.75, 3.05) is 5.75 Å². The third kappa shape index (κ3) is 1.53. The zero-order valence-corrected chi connectivity index (χ0v) is 9.61. The van der Waals surface area contributed by atoms with Crippen LogP contribution >= 0.6 is 11.8 Å². The first-order valence-electron chi connectivity index (χ1n) is 5.42. The van der Waals surface area contributed by atoms with Crippen molar-refractivity contribution in [1.29, 1.82) is 0 Å². The van der Waals surface area contributed by atoms with E-state index in [1.807, 2.05) is 40.7 Å². The van der Waals surface area contributed by atoms with E-state index in [1.54, 1.807) is 0 Å². The Morgan fingerprint density at radius 2 is 2.44 bits per heavy atom. The fourth-order valence-corrected chi connectivity index (χ4v) is 3.39. The SMILES string of the molecule is O=Cc1ccc2cnc(C3CCCS3)n2c1. The fourth-order valence-electron chi connectivity index (χ4n) is 2.12. The van der Waals surface area contributed by atoms with Crippen molar-refractivity contribution in [3.63, 3.8) is 0 Å². The van der Waals surface area contributed by atoms with Crippen LogP contribution in [0.4, 0.5) is 0 Å². The minimum atomic E-state index is 0.490. The Bertz CT molecular complexity index is 529. The van der Waals surface area contributed by atoms with Gasteiger partial charge in [0.25, 0.3) is 0 Å². The van der Waals surface area contributed by atoms with Crippen molar-refractivity contribution < 1.29 is 4.79 Å². The molecule has 4 heteroatoms. The topological polar surface area (TPSA) is 34.4 Å². The van der Waals surface area contributed by atoms with Crippen molar-refractivity contribution in [3.05, 3.63) is 35.9 Å². The highest BCUT2D eigenvalue weighted by Gasteiger charge is 2.21. The van der Waals surface area contributed by atoms with Crippen LogP contribution in [-0.2, 0) is 0 Å². The lowest BCUT2D eigenvalue weighted by atomic mass is 10.2. The van der Waals surface area contributed by atoms with Gasteiger partial charge in [0.05, 0.1) is 17.0 Å². The van der Waals surface area contributed by atoms with E-state index in [1.165, 1.54) is 18.6 Å². The van der Waals surface area contributed by atoms with Crippen molar-refractivity contribution in [2.24, 2.45) is 0 Å². The molecule has 3 nitrogen and oxygen atoms in total. The first-order valence-corrected chi connectivity index (χ1v) is 6.47. The number of aldehydes is 1. The molecule has 82 valence electrons. The molecule has 2 aromatic rings.